The van der Waals surface area contributed by atoms with Gasteiger partial charge in [-0.1, -0.05) is 17.7 Å². The number of halogens is 1. The summed E-state index contributed by atoms with van der Waals surface area (Å²) in [7, 11) is 0. The van der Waals surface area contributed by atoms with Crippen molar-refractivity contribution in [3.05, 3.63) is 35.5 Å². The fourth-order valence-corrected chi connectivity index (χ4v) is 2.03. The lowest BCUT2D eigenvalue weighted by Gasteiger charge is -2.05. The average molecular weight is 251 g/mol. The molecule has 1 aromatic carbocycles. The number of aromatic nitrogens is 1. The van der Waals surface area contributed by atoms with E-state index in [-0.39, 0.29) is 5.91 Å². The SMILES string of the molecule is CCNC(=O)CCn1ccc2ccc(Cl)cc21. The molecule has 1 aromatic heterocycles. The van der Waals surface area contributed by atoms with Crippen molar-refractivity contribution in [1.82, 2.24) is 9.88 Å². The van der Waals surface area contributed by atoms with Crippen LogP contribution in [0, 0.1) is 0 Å². The van der Waals surface area contributed by atoms with Gasteiger partial charge in [0.25, 0.3) is 0 Å². The largest absolute Gasteiger partial charge is 0.356 e. The van der Waals surface area contributed by atoms with Gasteiger partial charge in [0, 0.05) is 36.2 Å². The van der Waals surface area contributed by atoms with Gasteiger partial charge in [-0.2, -0.15) is 0 Å². The van der Waals surface area contributed by atoms with E-state index in [0.717, 1.165) is 15.9 Å². The number of nitrogens with zero attached hydrogens (tertiary/aromatic N) is 1. The molecule has 0 saturated carbocycles. The minimum atomic E-state index is 0.0800. The average Bonchev–Trinajstić information content (AvgIpc) is 2.69. The van der Waals surface area contributed by atoms with Crippen LogP contribution >= 0.6 is 11.6 Å². The normalized spacial score (nSPS) is 10.7. The van der Waals surface area contributed by atoms with Crippen LogP contribution in [0.1, 0.15) is 13.3 Å². The van der Waals surface area contributed by atoms with Crippen LogP contribution in [0.15, 0.2) is 30.5 Å². The first-order chi connectivity index (χ1) is 8.20. The second-order valence-electron chi connectivity index (χ2n) is 3.92. The number of hydrogen-bond donors (Lipinski definition) is 1. The third-order valence-corrected chi connectivity index (χ3v) is 2.92. The zero-order chi connectivity index (χ0) is 12.3. The van der Waals surface area contributed by atoms with E-state index in [0.29, 0.717) is 19.5 Å². The minimum absolute atomic E-state index is 0.0800. The lowest BCUT2D eigenvalue weighted by molar-refractivity contribution is -0.121. The van der Waals surface area contributed by atoms with Crippen molar-refractivity contribution in [2.75, 3.05) is 6.54 Å². The summed E-state index contributed by atoms with van der Waals surface area (Å²) in [5, 5.41) is 4.65. The standard InChI is InChI=1S/C13H15ClN2O/c1-2-15-13(17)6-8-16-7-5-10-3-4-11(14)9-12(10)16/h3-5,7,9H,2,6,8H2,1H3,(H,15,17). The van der Waals surface area contributed by atoms with Crippen LogP contribution < -0.4 is 5.32 Å². The number of aryl methyl sites for hydroxylation is 1. The van der Waals surface area contributed by atoms with E-state index in [2.05, 4.69) is 9.88 Å². The predicted molar refractivity (Wildman–Crippen MR) is 70.2 cm³/mol. The van der Waals surface area contributed by atoms with E-state index in [1.165, 1.54) is 0 Å². The maximum absolute atomic E-state index is 11.4. The number of amides is 1. The first-order valence-electron chi connectivity index (χ1n) is 5.72. The van der Waals surface area contributed by atoms with E-state index < -0.39 is 0 Å². The third-order valence-electron chi connectivity index (χ3n) is 2.69. The van der Waals surface area contributed by atoms with Crippen LogP contribution in [0.5, 0.6) is 0 Å². The molecule has 0 aliphatic carbocycles. The topological polar surface area (TPSA) is 34.0 Å². The van der Waals surface area contributed by atoms with Crippen molar-refractivity contribution in [2.45, 2.75) is 19.9 Å². The van der Waals surface area contributed by atoms with Crippen LogP contribution in [0.2, 0.25) is 5.02 Å². The van der Waals surface area contributed by atoms with Gasteiger partial charge in [0.1, 0.15) is 0 Å². The smallest absolute Gasteiger partial charge is 0.221 e. The number of rotatable bonds is 4. The number of fused-ring (bicyclic) bond motifs is 1. The number of nitrogens with one attached hydrogen (secondary N) is 1. The molecule has 1 amide bonds. The maximum Gasteiger partial charge on any atom is 0.221 e. The highest BCUT2D eigenvalue weighted by molar-refractivity contribution is 6.31. The Morgan fingerprint density at radius 3 is 3.00 bits per heavy atom. The second-order valence-corrected chi connectivity index (χ2v) is 4.35. The third kappa shape index (κ3) is 2.80. The van der Waals surface area contributed by atoms with Crippen LogP contribution in [0.4, 0.5) is 0 Å². The van der Waals surface area contributed by atoms with Crippen LogP contribution in [-0.2, 0) is 11.3 Å². The summed E-state index contributed by atoms with van der Waals surface area (Å²) >= 11 is 5.97. The van der Waals surface area contributed by atoms with Crippen molar-refractivity contribution >= 4 is 28.4 Å². The van der Waals surface area contributed by atoms with Gasteiger partial charge in [-0.3, -0.25) is 4.79 Å². The fraction of sp³-hybridized carbons (Fsp3) is 0.308. The maximum atomic E-state index is 11.4. The zero-order valence-corrected chi connectivity index (χ0v) is 10.5. The Hall–Kier alpha value is -1.48. The molecule has 0 spiro atoms. The highest BCUT2D eigenvalue weighted by Gasteiger charge is 2.04. The van der Waals surface area contributed by atoms with Crippen molar-refractivity contribution in [3.8, 4) is 0 Å². The fourth-order valence-electron chi connectivity index (χ4n) is 1.86. The first-order valence-corrected chi connectivity index (χ1v) is 6.09. The summed E-state index contributed by atoms with van der Waals surface area (Å²) in [6.45, 7) is 3.27. The number of carbonyl (C=O) groups excluding carboxylic acids is 1. The molecule has 17 heavy (non-hydrogen) atoms. The lowest BCUT2D eigenvalue weighted by atomic mass is 10.2. The monoisotopic (exact) mass is 250 g/mol. The highest BCUT2D eigenvalue weighted by Crippen LogP contribution is 2.20. The van der Waals surface area contributed by atoms with Crippen LogP contribution in [0.3, 0.4) is 0 Å². The minimum Gasteiger partial charge on any atom is -0.356 e. The van der Waals surface area contributed by atoms with E-state index in [1.807, 2.05) is 37.4 Å². The zero-order valence-electron chi connectivity index (χ0n) is 9.74. The molecule has 0 fully saturated rings. The van der Waals surface area contributed by atoms with E-state index >= 15 is 0 Å². The highest BCUT2D eigenvalue weighted by atomic mass is 35.5. The summed E-state index contributed by atoms with van der Waals surface area (Å²) in [6, 6.07) is 7.82. The molecule has 90 valence electrons. The Bertz CT molecular complexity index is 533. The summed E-state index contributed by atoms with van der Waals surface area (Å²) in [6.07, 6.45) is 2.48. The number of carbonyl (C=O) groups is 1. The van der Waals surface area contributed by atoms with Crippen LogP contribution in [0.25, 0.3) is 10.9 Å². The lowest BCUT2D eigenvalue weighted by Crippen LogP contribution is -2.23. The van der Waals surface area contributed by atoms with Gasteiger partial charge >= 0.3 is 0 Å². The Morgan fingerprint density at radius 2 is 2.24 bits per heavy atom. The molecule has 0 unspecified atom stereocenters. The molecule has 2 aromatic rings. The summed E-state index contributed by atoms with van der Waals surface area (Å²) in [4.78, 5) is 11.4. The van der Waals surface area contributed by atoms with Gasteiger partial charge in [0.2, 0.25) is 5.91 Å². The Kier molecular flexibility index (Phi) is 3.69. The molecule has 0 bridgehead atoms. The van der Waals surface area contributed by atoms with E-state index in [4.69, 9.17) is 11.6 Å². The van der Waals surface area contributed by atoms with Gasteiger partial charge in [-0.15, -0.1) is 0 Å². The molecule has 0 saturated heterocycles. The molecule has 0 aliphatic rings. The molecule has 0 radical (unpaired) electrons. The van der Waals surface area contributed by atoms with Gasteiger partial charge in [0.05, 0.1) is 0 Å². The van der Waals surface area contributed by atoms with Crippen molar-refractivity contribution in [1.29, 1.82) is 0 Å². The molecule has 1 N–H and O–H groups in total. The Morgan fingerprint density at radius 1 is 1.41 bits per heavy atom. The first kappa shape index (κ1) is 12.0. The number of hydrogen-bond acceptors (Lipinski definition) is 1. The van der Waals surface area contributed by atoms with Gasteiger partial charge in [-0.05, 0) is 30.5 Å². The molecule has 2 rings (SSSR count). The second kappa shape index (κ2) is 5.23. The molecule has 0 atom stereocenters. The number of benzene rings is 1. The van der Waals surface area contributed by atoms with E-state index in [1.54, 1.807) is 0 Å². The Labute approximate surface area is 105 Å². The summed E-state index contributed by atoms with van der Waals surface area (Å²) < 4.78 is 2.05. The van der Waals surface area contributed by atoms with E-state index in [9.17, 15) is 4.79 Å². The van der Waals surface area contributed by atoms with Gasteiger partial charge in [-0.25, -0.2) is 0 Å². The summed E-state index contributed by atoms with van der Waals surface area (Å²) in [5.74, 6) is 0.0800. The summed E-state index contributed by atoms with van der Waals surface area (Å²) in [5.41, 5.74) is 1.07. The van der Waals surface area contributed by atoms with Crippen molar-refractivity contribution in [2.24, 2.45) is 0 Å². The Balaban J connectivity index is 2.13. The quantitative estimate of drug-likeness (QED) is 0.890. The van der Waals surface area contributed by atoms with Crippen molar-refractivity contribution < 1.29 is 4.79 Å². The molecular formula is C13H15ClN2O. The van der Waals surface area contributed by atoms with Gasteiger partial charge in [0.15, 0.2) is 0 Å². The van der Waals surface area contributed by atoms with Gasteiger partial charge < -0.3 is 9.88 Å². The molecular weight excluding hydrogens is 236 g/mol. The molecule has 0 aliphatic heterocycles. The molecule has 4 heteroatoms. The predicted octanol–water partition coefficient (Wildman–Crippen LogP) is 2.82. The molecule has 3 nitrogen and oxygen atoms in total. The van der Waals surface area contributed by atoms with Crippen LogP contribution in [-0.4, -0.2) is 17.0 Å². The molecule has 1 heterocycles. The van der Waals surface area contributed by atoms with Crippen molar-refractivity contribution in [3.63, 3.8) is 0 Å².